The van der Waals surface area contributed by atoms with Crippen molar-refractivity contribution in [2.75, 3.05) is 0 Å². The molecule has 1 aromatic heterocycles. The van der Waals surface area contributed by atoms with Gasteiger partial charge in [-0.3, -0.25) is 0 Å². The van der Waals surface area contributed by atoms with Gasteiger partial charge in [-0.1, -0.05) is 18.6 Å². The lowest BCUT2D eigenvalue weighted by Crippen LogP contribution is -2.12. The lowest BCUT2D eigenvalue weighted by molar-refractivity contribution is 0.0693. The molecule has 3 nitrogen and oxygen atoms in total. The van der Waals surface area contributed by atoms with E-state index < -0.39 is 5.97 Å². The molecule has 0 saturated heterocycles. The van der Waals surface area contributed by atoms with Gasteiger partial charge in [0.25, 0.3) is 0 Å². The number of rotatable bonds is 3. The van der Waals surface area contributed by atoms with Crippen LogP contribution in [0.25, 0.3) is 11.1 Å². The molecule has 2 aromatic rings. The normalized spacial score (nSPS) is 15.2. The highest BCUT2D eigenvalue weighted by atomic mass is 19.1. The summed E-state index contributed by atoms with van der Waals surface area (Å²) in [5.74, 6) is -0.693. The summed E-state index contributed by atoms with van der Waals surface area (Å²) >= 11 is 0. The van der Waals surface area contributed by atoms with Crippen LogP contribution in [0.4, 0.5) is 4.39 Å². The molecule has 1 saturated carbocycles. The van der Waals surface area contributed by atoms with E-state index in [1.165, 1.54) is 18.4 Å². The quantitative estimate of drug-likeness (QED) is 0.905. The van der Waals surface area contributed by atoms with Crippen molar-refractivity contribution in [1.29, 1.82) is 0 Å². The topological polar surface area (TPSA) is 50.4 Å². The molecule has 1 heterocycles. The molecule has 1 aromatic carbocycles. The van der Waals surface area contributed by atoms with Gasteiger partial charge >= 0.3 is 5.97 Å². The molecule has 98 valence electrons. The van der Waals surface area contributed by atoms with Crippen molar-refractivity contribution in [3.05, 3.63) is 47.7 Å². The fraction of sp³-hybridized carbons (Fsp3) is 0.267. The zero-order valence-electron chi connectivity index (χ0n) is 10.2. The third-order valence-electron chi connectivity index (χ3n) is 3.64. The van der Waals surface area contributed by atoms with Crippen LogP contribution >= 0.6 is 0 Å². The summed E-state index contributed by atoms with van der Waals surface area (Å²) in [4.78, 5) is 11.5. The second kappa shape index (κ2) is 4.53. The molecule has 0 unspecified atom stereocenters. The first-order valence-electron chi connectivity index (χ1n) is 6.27. The molecule has 1 aliphatic carbocycles. The minimum atomic E-state index is -1.02. The molecular weight excluding hydrogens is 247 g/mol. The van der Waals surface area contributed by atoms with Crippen molar-refractivity contribution in [2.45, 2.75) is 25.2 Å². The molecule has 0 amide bonds. The number of hydrogen-bond acceptors (Lipinski definition) is 2. The molecule has 0 spiro atoms. The van der Waals surface area contributed by atoms with Crippen LogP contribution in [0.3, 0.4) is 0 Å². The summed E-state index contributed by atoms with van der Waals surface area (Å²) in [5.41, 5.74) is 1.16. The Hall–Kier alpha value is -2.10. The molecule has 0 atom stereocenters. The first-order valence-corrected chi connectivity index (χ1v) is 6.27. The molecule has 0 radical (unpaired) electrons. The fourth-order valence-electron chi connectivity index (χ4n) is 2.43. The average molecular weight is 260 g/mol. The van der Waals surface area contributed by atoms with Crippen LogP contribution in [0.1, 0.15) is 41.3 Å². The Morgan fingerprint density at radius 1 is 1.37 bits per heavy atom. The van der Waals surface area contributed by atoms with Gasteiger partial charge in [-0.2, -0.15) is 0 Å². The zero-order chi connectivity index (χ0) is 13.4. The first-order chi connectivity index (χ1) is 9.16. The monoisotopic (exact) mass is 260 g/mol. The van der Waals surface area contributed by atoms with Crippen molar-refractivity contribution >= 4 is 5.97 Å². The number of carbonyl (C=O) groups is 1. The van der Waals surface area contributed by atoms with E-state index in [0.29, 0.717) is 16.9 Å². The number of carboxylic acids is 1. The van der Waals surface area contributed by atoms with Crippen LogP contribution in [0.5, 0.6) is 0 Å². The van der Waals surface area contributed by atoms with Gasteiger partial charge in [0.2, 0.25) is 0 Å². The number of halogens is 1. The Balaban J connectivity index is 2.11. The summed E-state index contributed by atoms with van der Waals surface area (Å²) in [6, 6.07) is 5.90. The molecule has 4 heteroatoms. The lowest BCUT2D eigenvalue weighted by atomic mass is 9.81. The predicted octanol–water partition coefficient (Wildman–Crippen LogP) is 4.05. The second-order valence-electron chi connectivity index (χ2n) is 4.83. The SMILES string of the molecule is O=C(O)c1c(-c2cccc(F)c2)coc1C1CCC1. The number of furan rings is 1. The molecule has 0 bridgehead atoms. The van der Waals surface area contributed by atoms with Crippen LogP contribution in [-0.4, -0.2) is 11.1 Å². The Morgan fingerprint density at radius 3 is 2.74 bits per heavy atom. The van der Waals surface area contributed by atoms with Gasteiger partial charge in [-0.15, -0.1) is 0 Å². The van der Waals surface area contributed by atoms with E-state index in [9.17, 15) is 14.3 Å². The highest BCUT2D eigenvalue weighted by Gasteiger charge is 2.30. The molecule has 1 fully saturated rings. The molecule has 1 aliphatic rings. The third-order valence-corrected chi connectivity index (χ3v) is 3.64. The van der Waals surface area contributed by atoms with Crippen LogP contribution in [-0.2, 0) is 0 Å². The second-order valence-corrected chi connectivity index (χ2v) is 4.83. The van der Waals surface area contributed by atoms with Gasteiger partial charge in [0.15, 0.2) is 0 Å². The summed E-state index contributed by atoms with van der Waals surface area (Å²) in [6.45, 7) is 0. The lowest BCUT2D eigenvalue weighted by Gasteiger charge is -2.23. The van der Waals surface area contributed by atoms with Gasteiger partial charge in [0, 0.05) is 11.5 Å². The standard InChI is InChI=1S/C15H13FO3/c16-11-6-2-5-10(7-11)12-8-19-14(9-3-1-4-9)13(12)15(17)18/h2,5-9H,1,3-4H2,(H,17,18). The van der Waals surface area contributed by atoms with Gasteiger partial charge in [0.1, 0.15) is 17.1 Å². The Morgan fingerprint density at radius 2 is 2.16 bits per heavy atom. The van der Waals surface area contributed by atoms with Crippen LogP contribution < -0.4 is 0 Å². The number of carboxylic acid groups (broad SMARTS) is 1. The molecule has 3 rings (SSSR count). The van der Waals surface area contributed by atoms with Crippen molar-refractivity contribution in [1.82, 2.24) is 0 Å². The minimum absolute atomic E-state index is 0.176. The number of hydrogen-bond donors (Lipinski definition) is 1. The zero-order valence-corrected chi connectivity index (χ0v) is 10.2. The molecular formula is C15H13FO3. The largest absolute Gasteiger partial charge is 0.478 e. The van der Waals surface area contributed by atoms with Crippen LogP contribution in [0.15, 0.2) is 34.9 Å². The summed E-state index contributed by atoms with van der Waals surface area (Å²) in [6.07, 6.45) is 4.43. The first kappa shape index (κ1) is 12.0. The summed E-state index contributed by atoms with van der Waals surface area (Å²) in [7, 11) is 0. The number of aromatic carboxylic acids is 1. The molecule has 0 aliphatic heterocycles. The van der Waals surface area contributed by atoms with E-state index in [0.717, 1.165) is 19.3 Å². The number of benzene rings is 1. The highest BCUT2D eigenvalue weighted by Crippen LogP contribution is 2.41. The van der Waals surface area contributed by atoms with Gasteiger partial charge < -0.3 is 9.52 Å². The Labute approximate surface area is 109 Å². The Bertz CT molecular complexity index is 626. The Kier molecular flexibility index (Phi) is 2.85. The highest BCUT2D eigenvalue weighted by molar-refractivity contribution is 5.97. The summed E-state index contributed by atoms with van der Waals surface area (Å²) < 4.78 is 18.7. The van der Waals surface area contributed by atoms with Crippen molar-refractivity contribution in [3.63, 3.8) is 0 Å². The van der Waals surface area contributed by atoms with Gasteiger partial charge in [0.05, 0.1) is 6.26 Å². The minimum Gasteiger partial charge on any atom is -0.478 e. The van der Waals surface area contributed by atoms with Crippen molar-refractivity contribution in [2.24, 2.45) is 0 Å². The fourth-order valence-corrected chi connectivity index (χ4v) is 2.43. The maximum absolute atomic E-state index is 13.3. The van der Waals surface area contributed by atoms with Gasteiger partial charge in [-0.25, -0.2) is 9.18 Å². The van der Waals surface area contributed by atoms with E-state index in [4.69, 9.17) is 4.42 Å². The molecule has 1 N–H and O–H groups in total. The summed E-state index contributed by atoms with van der Waals surface area (Å²) in [5, 5.41) is 9.38. The van der Waals surface area contributed by atoms with E-state index in [-0.39, 0.29) is 17.3 Å². The predicted molar refractivity (Wildman–Crippen MR) is 67.7 cm³/mol. The van der Waals surface area contributed by atoms with Crippen molar-refractivity contribution in [3.8, 4) is 11.1 Å². The smallest absolute Gasteiger partial charge is 0.339 e. The van der Waals surface area contributed by atoms with Crippen molar-refractivity contribution < 1.29 is 18.7 Å². The van der Waals surface area contributed by atoms with E-state index >= 15 is 0 Å². The molecule has 19 heavy (non-hydrogen) atoms. The maximum Gasteiger partial charge on any atom is 0.339 e. The van der Waals surface area contributed by atoms with Crippen LogP contribution in [0, 0.1) is 5.82 Å². The third kappa shape index (κ3) is 2.03. The van der Waals surface area contributed by atoms with Crippen LogP contribution in [0.2, 0.25) is 0 Å². The van der Waals surface area contributed by atoms with E-state index in [2.05, 4.69) is 0 Å². The maximum atomic E-state index is 13.3. The van der Waals surface area contributed by atoms with E-state index in [1.54, 1.807) is 12.1 Å². The van der Waals surface area contributed by atoms with E-state index in [1.807, 2.05) is 0 Å². The average Bonchev–Trinajstić information content (AvgIpc) is 2.71. The van der Waals surface area contributed by atoms with Gasteiger partial charge in [-0.05, 0) is 30.5 Å².